The van der Waals surface area contributed by atoms with E-state index in [2.05, 4.69) is 28.0 Å². The Morgan fingerprint density at radius 3 is 1.94 bits per heavy atom. The molecule has 0 aromatic heterocycles. The van der Waals surface area contributed by atoms with Crippen LogP contribution >= 0.6 is 11.6 Å². The van der Waals surface area contributed by atoms with Gasteiger partial charge in [0.25, 0.3) is 0 Å². The van der Waals surface area contributed by atoms with Crippen molar-refractivity contribution >= 4 is 16.8 Å². The van der Waals surface area contributed by atoms with E-state index in [1.54, 1.807) is 0 Å². The Hall–Kier alpha value is -2.38. The summed E-state index contributed by atoms with van der Waals surface area (Å²) in [5.74, 6) is -0.0397. The number of hydrogen-bond acceptors (Lipinski definition) is 4. The van der Waals surface area contributed by atoms with E-state index in [4.69, 9.17) is 16.3 Å². The quantitative estimate of drug-likeness (QED) is 0.476. The van der Waals surface area contributed by atoms with Crippen molar-refractivity contribution in [2.24, 2.45) is 11.8 Å². The van der Waals surface area contributed by atoms with Gasteiger partial charge in [0.15, 0.2) is 0 Å². The predicted octanol–water partition coefficient (Wildman–Crippen LogP) is 4.81. The van der Waals surface area contributed by atoms with Crippen molar-refractivity contribution in [3.05, 3.63) is 95.6 Å². The zero-order valence-corrected chi connectivity index (χ0v) is 19.7. The van der Waals surface area contributed by atoms with Crippen molar-refractivity contribution in [1.82, 2.24) is 9.80 Å². The highest BCUT2D eigenvalue weighted by Crippen LogP contribution is 2.31. The molecule has 0 N–H and O–H groups in total. The molecule has 1 fully saturated rings. The number of nitrogens with zero attached hydrogens (tertiary/aromatic N) is 2. The maximum atomic E-state index is 13.6. The SMILES string of the molecule is O=C(Cl)COCC1C=CC=CC1CN1CCN(C(c2ccc(F)cc2)c2ccc(F)cc2)CC1. The van der Waals surface area contributed by atoms with Crippen molar-refractivity contribution in [3.63, 3.8) is 0 Å². The molecule has 1 aliphatic carbocycles. The number of rotatable bonds is 9. The van der Waals surface area contributed by atoms with E-state index in [1.165, 1.54) is 24.3 Å². The van der Waals surface area contributed by atoms with Gasteiger partial charge in [-0.15, -0.1) is 0 Å². The van der Waals surface area contributed by atoms with Crippen LogP contribution in [0.1, 0.15) is 17.2 Å². The lowest BCUT2D eigenvalue weighted by Crippen LogP contribution is -2.49. The first-order valence-electron chi connectivity index (χ1n) is 11.6. The van der Waals surface area contributed by atoms with Crippen LogP contribution < -0.4 is 0 Å². The summed E-state index contributed by atoms with van der Waals surface area (Å²) in [5, 5.41) is -0.486. The van der Waals surface area contributed by atoms with Crippen molar-refractivity contribution in [1.29, 1.82) is 0 Å². The molecule has 4 rings (SSSR count). The van der Waals surface area contributed by atoms with E-state index in [9.17, 15) is 13.6 Å². The molecule has 34 heavy (non-hydrogen) atoms. The minimum absolute atomic E-state index is 0.0601. The number of hydrogen-bond donors (Lipinski definition) is 0. The largest absolute Gasteiger partial charge is 0.372 e. The maximum Gasteiger partial charge on any atom is 0.247 e. The number of halogens is 3. The highest BCUT2D eigenvalue weighted by Gasteiger charge is 2.29. The topological polar surface area (TPSA) is 32.8 Å². The van der Waals surface area contributed by atoms with Gasteiger partial charge in [0.1, 0.15) is 18.2 Å². The van der Waals surface area contributed by atoms with Crippen molar-refractivity contribution in [3.8, 4) is 0 Å². The molecule has 4 nitrogen and oxygen atoms in total. The molecule has 2 aromatic carbocycles. The fourth-order valence-corrected chi connectivity index (χ4v) is 4.83. The van der Waals surface area contributed by atoms with E-state index in [1.807, 2.05) is 30.3 Å². The van der Waals surface area contributed by atoms with Crippen LogP contribution in [0.5, 0.6) is 0 Å². The predicted molar refractivity (Wildman–Crippen MR) is 130 cm³/mol. The third-order valence-electron chi connectivity index (χ3n) is 6.52. The molecule has 2 unspecified atom stereocenters. The summed E-state index contributed by atoms with van der Waals surface area (Å²) < 4.78 is 32.6. The van der Waals surface area contributed by atoms with Gasteiger partial charge in [0.05, 0.1) is 12.6 Å². The van der Waals surface area contributed by atoms with Crippen LogP contribution in [0.2, 0.25) is 0 Å². The molecule has 0 bridgehead atoms. The molecule has 0 spiro atoms. The average molecular weight is 487 g/mol. The summed E-state index contributed by atoms with van der Waals surface area (Å²) in [4.78, 5) is 15.8. The van der Waals surface area contributed by atoms with E-state index >= 15 is 0 Å². The summed E-state index contributed by atoms with van der Waals surface area (Å²) in [6, 6.07) is 13.1. The van der Waals surface area contributed by atoms with Gasteiger partial charge in [0.2, 0.25) is 5.24 Å². The summed E-state index contributed by atoms with van der Waals surface area (Å²) in [6.07, 6.45) is 8.39. The number of carbonyl (C=O) groups is 1. The smallest absolute Gasteiger partial charge is 0.247 e. The Bertz CT molecular complexity index is 957. The van der Waals surface area contributed by atoms with Gasteiger partial charge in [-0.1, -0.05) is 48.6 Å². The molecule has 2 atom stereocenters. The van der Waals surface area contributed by atoms with Crippen LogP contribution in [0.4, 0.5) is 8.78 Å². The molecule has 7 heteroatoms. The molecular weight excluding hydrogens is 458 g/mol. The fraction of sp³-hybridized carbons (Fsp3) is 0.370. The lowest BCUT2D eigenvalue weighted by atomic mass is 9.88. The second-order valence-corrected chi connectivity index (χ2v) is 9.23. The first kappa shape index (κ1) is 24.7. The Morgan fingerprint density at radius 2 is 1.41 bits per heavy atom. The molecule has 2 aliphatic rings. The van der Waals surface area contributed by atoms with E-state index < -0.39 is 5.24 Å². The van der Waals surface area contributed by atoms with Gasteiger partial charge in [0, 0.05) is 38.6 Å². The molecule has 1 heterocycles. The van der Waals surface area contributed by atoms with Crippen LogP contribution in [0.3, 0.4) is 0 Å². The Labute approximate surface area is 204 Å². The van der Waals surface area contributed by atoms with Gasteiger partial charge in [-0.25, -0.2) is 8.78 Å². The number of carbonyl (C=O) groups excluding carboxylic acids is 1. The number of ether oxygens (including phenoxy) is 1. The van der Waals surface area contributed by atoms with E-state index in [0.29, 0.717) is 12.5 Å². The Kier molecular flexibility index (Phi) is 8.62. The van der Waals surface area contributed by atoms with E-state index in [0.717, 1.165) is 43.9 Å². The third-order valence-corrected chi connectivity index (χ3v) is 6.63. The fourth-order valence-electron chi connectivity index (χ4n) is 4.76. The molecule has 1 aliphatic heterocycles. The second kappa shape index (κ2) is 11.8. The van der Waals surface area contributed by atoms with Crippen molar-refractivity contribution < 1.29 is 18.3 Å². The second-order valence-electron chi connectivity index (χ2n) is 8.81. The highest BCUT2D eigenvalue weighted by atomic mass is 35.5. The van der Waals surface area contributed by atoms with Gasteiger partial charge >= 0.3 is 0 Å². The molecular formula is C27H29ClF2N2O2. The molecule has 180 valence electrons. The molecule has 0 radical (unpaired) electrons. The normalized spacial score (nSPS) is 21.3. The maximum absolute atomic E-state index is 13.6. The first-order chi connectivity index (χ1) is 16.5. The zero-order chi connectivity index (χ0) is 23.9. The van der Waals surface area contributed by atoms with Crippen LogP contribution in [-0.2, 0) is 9.53 Å². The number of benzene rings is 2. The average Bonchev–Trinajstić information content (AvgIpc) is 2.83. The standard InChI is InChI=1S/C27H29ClF2N2O2/c28-26(33)19-34-18-23-4-2-1-3-22(23)17-31-13-15-32(16-14-31)27(20-5-9-24(29)10-6-20)21-7-11-25(30)12-8-21/h1-12,22-23,27H,13-19H2. The highest BCUT2D eigenvalue weighted by molar-refractivity contribution is 6.63. The van der Waals surface area contributed by atoms with Crippen LogP contribution in [0.15, 0.2) is 72.8 Å². The summed E-state index contributed by atoms with van der Waals surface area (Å²) in [5.41, 5.74) is 1.99. The van der Waals surface area contributed by atoms with Crippen LogP contribution in [0, 0.1) is 23.5 Å². The molecule has 2 aromatic rings. The summed E-state index contributed by atoms with van der Waals surface area (Å²) in [6.45, 7) is 4.74. The van der Waals surface area contributed by atoms with E-state index in [-0.39, 0.29) is 30.2 Å². The Balaban J connectivity index is 1.40. The third kappa shape index (κ3) is 6.60. The van der Waals surface area contributed by atoms with Crippen molar-refractivity contribution in [2.45, 2.75) is 6.04 Å². The minimum atomic E-state index is -0.486. The molecule has 0 amide bonds. The van der Waals surface area contributed by atoms with Crippen LogP contribution in [-0.4, -0.2) is 61.0 Å². The summed E-state index contributed by atoms with van der Waals surface area (Å²) >= 11 is 5.38. The van der Waals surface area contributed by atoms with Gasteiger partial charge in [-0.05, 0) is 52.9 Å². The first-order valence-corrected chi connectivity index (χ1v) is 12.0. The molecule has 1 saturated heterocycles. The lowest BCUT2D eigenvalue weighted by molar-refractivity contribution is -0.116. The lowest BCUT2D eigenvalue weighted by Gasteiger charge is -2.41. The summed E-state index contributed by atoms with van der Waals surface area (Å²) in [7, 11) is 0. The zero-order valence-electron chi connectivity index (χ0n) is 19.0. The molecule has 0 saturated carbocycles. The monoisotopic (exact) mass is 486 g/mol. The van der Waals surface area contributed by atoms with Crippen molar-refractivity contribution in [2.75, 3.05) is 45.9 Å². The van der Waals surface area contributed by atoms with Gasteiger partial charge in [-0.2, -0.15) is 0 Å². The van der Waals surface area contributed by atoms with Gasteiger partial charge < -0.3 is 9.64 Å². The van der Waals surface area contributed by atoms with Crippen LogP contribution in [0.25, 0.3) is 0 Å². The Morgan fingerprint density at radius 1 is 0.882 bits per heavy atom. The number of allylic oxidation sites excluding steroid dienone is 2. The minimum Gasteiger partial charge on any atom is -0.372 e. The number of piperazine rings is 1. The van der Waals surface area contributed by atoms with Gasteiger partial charge in [-0.3, -0.25) is 9.69 Å².